The normalized spacial score (nSPS) is 19.8. The van der Waals surface area contributed by atoms with Crippen LogP contribution in [0.15, 0.2) is 58.3 Å². The summed E-state index contributed by atoms with van der Waals surface area (Å²) in [6, 6.07) is 15.8. The minimum absolute atomic E-state index is 0.0836. The maximum atomic E-state index is 11.7. The van der Waals surface area contributed by atoms with E-state index in [9.17, 15) is 4.79 Å². The molecule has 1 atom stereocenters. The number of rotatable bonds is 3. The Morgan fingerprint density at radius 2 is 1.87 bits per heavy atom. The third kappa shape index (κ3) is 3.65. The number of hydrogen-bond donors (Lipinski definition) is 1. The number of ether oxygens (including phenoxy) is 1. The van der Waals surface area contributed by atoms with Crippen LogP contribution in [0, 0.1) is 5.41 Å². The largest absolute Gasteiger partial charge is 0.449 e. The van der Waals surface area contributed by atoms with Gasteiger partial charge in [0.05, 0.1) is 6.04 Å². The summed E-state index contributed by atoms with van der Waals surface area (Å²) in [6.45, 7) is 4.60. The van der Waals surface area contributed by atoms with Crippen molar-refractivity contribution in [2.75, 3.05) is 6.61 Å². The molecule has 0 spiro atoms. The van der Waals surface area contributed by atoms with Gasteiger partial charge in [-0.25, -0.2) is 4.79 Å². The minimum atomic E-state index is -0.361. The van der Waals surface area contributed by atoms with Crippen LogP contribution in [0.1, 0.15) is 25.5 Å². The lowest BCUT2D eigenvalue weighted by molar-refractivity contribution is 0.0380. The smallest absolute Gasteiger partial charge is 0.407 e. The van der Waals surface area contributed by atoms with Gasteiger partial charge in [-0.05, 0) is 35.9 Å². The lowest BCUT2D eigenvalue weighted by Crippen LogP contribution is -2.47. The zero-order valence-electron chi connectivity index (χ0n) is 13.0. The van der Waals surface area contributed by atoms with Crippen LogP contribution in [0.4, 0.5) is 4.79 Å². The van der Waals surface area contributed by atoms with Crippen molar-refractivity contribution in [1.29, 1.82) is 0 Å². The van der Waals surface area contributed by atoms with Crippen LogP contribution < -0.4 is 5.32 Å². The Kier molecular flexibility index (Phi) is 4.55. The predicted molar refractivity (Wildman–Crippen MR) is 93.0 cm³/mol. The molecule has 120 valence electrons. The number of cyclic esters (lactones) is 1. The molecule has 1 aliphatic heterocycles. The standard InChI is InChI=1S/C18H18ClNO2S/c1-18(2)11-22-17(21)20-16(18)14-5-3-4-6-15(14)23-13-9-7-12(19)8-10-13/h3-10,16H,11H2,1-2H3,(H,20,21)/t16-/m0/s1. The molecule has 1 heterocycles. The summed E-state index contributed by atoms with van der Waals surface area (Å²) in [5.74, 6) is 0. The predicted octanol–water partition coefficient (Wildman–Crippen LogP) is 5.30. The maximum Gasteiger partial charge on any atom is 0.407 e. The van der Waals surface area contributed by atoms with Crippen molar-refractivity contribution in [1.82, 2.24) is 5.32 Å². The second kappa shape index (κ2) is 6.46. The van der Waals surface area contributed by atoms with Crippen LogP contribution in [0.3, 0.4) is 0 Å². The zero-order chi connectivity index (χ0) is 16.4. The topological polar surface area (TPSA) is 38.3 Å². The second-order valence-corrected chi connectivity index (χ2v) is 7.79. The van der Waals surface area contributed by atoms with Crippen LogP contribution in [0.25, 0.3) is 0 Å². The molecule has 1 saturated heterocycles. The van der Waals surface area contributed by atoms with Crippen molar-refractivity contribution in [3.8, 4) is 0 Å². The first kappa shape index (κ1) is 16.2. The first-order valence-electron chi connectivity index (χ1n) is 7.41. The van der Waals surface area contributed by atoms with Crippen LogP contribution in [0.5, 0.6) is 0 Å². The van der Waals surface area contributed by atoms with Crippen molar-refractivity contribution in [3.63, 3.8) is 0 Å². The van der Waals surface area contributed by atoms with Crippen LogP contribution in [-0.2, 0) is 4.74 Å². The third-order valence-corrected chi connectivity index (χ3v) is 5.24. The van der Waals surface area contributed by atoms with Gasteiger partial charge in [0.25, 0.3) is 0 Å². The summed E-state index contributed by atoms with van der Waals surface area (Å²) >= 11 is 7.62. The summed E-state index contributed by atoms with van der Waals surface area (Å²) in [4.78, 5) is 13.9. The molecule has 23 heavy (non-hydrogen) atoms. The monoisotopic (exact) mass is 347 g/mol. The number of carbonyl (C=O) groups is 1. The fourth-order valence-electron chi connectivity index (χ4n) is 2.63. The van der Waals surface area contributed by atoms with Crippen molar-refractivity contribution < 1.29 is 9.53 Å². The number of hydrogen-bond acceptors (Lipinski definition) is 3. The molecule has 5 heteroatoms. The van der Waals surface area contributed by atoms with E-state index in [0.29, 0.717) is 6.61 Å². The lowest BCUT2D eigenvalue weighted by atomic mass is 9.80. The van der Waals surface area contributed by atoms with E-state index < -0.39 is 0 Å². The SMILES string of the molecule is CC1(C)COC(=O)N[C@H]1c1ccccc1Sc1ccc(Cl)cc1. The fraction of sp³-hybridized carbons (Fsp3) is 0.278. The van der Waals surface area contributed by atoms with Gasteiger partial charge in [0.15, 0.2) is 0 Å². The van der Waals surface area contributed by atoms with E-state index in [4.69, 9.17) is 16.3 Å². The molecule has 0 bridgehead atoms. The summed E-state index contributed by atoms with van der Waals surface area (Å²) in [6.07, 6.45) is -0.361. The molecule has 0 saturated carbocycles. The number of alkyl carbamates (subject to hydrolysis) is 1. The summed E-state index contributed by atoms with van der Waals surface area (Å²) in [5, 5.41) is 3.69. The molecular weight excluding hydrogens is 330 g/mol. The number of benzene rings is 2. The first-order chi connectivity index (χ1) is 11.0. The van der Waals surface area contributed by atoms with Gasteiger partial charge in [0.1, 0.15) is 6.61 Å². The molecule has 3 rings (SSSR count). The van der Waals surface area contributed by atoms with E-state index in [0.717, 1.165) is 20.4 Å². The van der Waals surface area contributed by atoms with Crippen LogP contribution in [0.2, 0.25) is 5.02 Å². The van der Waals surface area contributed by atoms with Crippen LogP contribution >= 0.6 is 23.4 Å². The molecule has 0 unspecified atom stereocenters. The number of carbonyl (C=O) groups excluding carboxylic acids is 1. The highest BCUT2D eigenvalue weighted by atomic mass is 35.5. The molecule has 1 aliphatic rings. The van der Waals surface area contributed by atoms with Gasteiger partial charge < -0.3 is 10.1 Å². The number of amides is 1. The quantitative estimate of drug-likeness (QED) is 0.818. The highest BCUT2D eigenvalue weighted by Crippen LogP contribution is 2.42. The van der Waals surface area contributed by atoms with Crippen molar-refractivity contribution in [3.05, 3.63) is 59.1 Å². The molecule has 1 fully saturated rings. The molecule has 0 aromatic heterocycles. The molecular formula is C18H18ClNO2S. The molecule has 0 aliphatic carbocycles. The van der Waals surface area contributed by atoms with Crippen molar-refractivity contribution in [2.24, 2.45) is 5.41 Å². The first-order valence-corrected chi connectivity index (χ1v) is 8.61. The summed E-state index contributed by atoms with van der Waals surface area (Å²) in [7, 11) is 0. The number of nitrogens with one attached hydrogen (secondary N) is 1. The van der Waals surface area contributed by atoms with E-state index in [1.54, 1.807) is 11.8 Å². The van der Waals surface area contributed by atoms with Gasteiger partial charge in [0, 0.05) is 20.2 Å². The lowest BCUT2D eigenvalue weighted by Gasteiger charge is -2.39. The highest BCUT2D eigenvalue weighted by molar-refractivity contribution is 7.99. The molecule has 1 N–H and O–H groups in total. The Morgan fingerprint density at radius 1 is 1.17 bits per heavy atom. The minimum Gasteiger partial charge on any atom is -0.449 e. The fourth-order valence-corrected chi connectivity index (χ4v) is 3.73. The average molecular weight is 348 g/mol. The van der Waals surface area contributed by atoms with Crippen LogP contribution in [-0.4, -0.2) is 12.7 Å². The Morgan fingerprint density at radius 3 is 2.61 bits per heavy atom. The van der Waals surface area contributed by atoms with Gasteiger partial charge in [-0.2, -0.15) is 0 Å². The maximum absolute atomic E-state index is 11.7. The Balaban J connectivity index is 1.93. The average Bonchev–Trinajstić information content (AvgIpc) is 2.53. The highest BCUT2D eigenvalue weighted by Gasteiger charge is 2.38. The van der Waals surface area contributed by atoms with E-state index in [-0.39, 0.29) is 17.6 Å². The molecule has 2 aromatic carbocycles. The molecule has 3 nitrogen and oxygen atoms in total. The van der Waals surface area contributed by atoms with Gasteiger partial charge in [-0.1, -0.05) is 55.4 Å². The summed E-state index contributed by atoms with van der Waals surface area (Å²) < 4.78 is 5.14. The zero-order valence-corrected chi connectivity index (χ0v) is 14.6. The van der Waals surface area contributed by atoms with Gasteiger partial charge in [0.2, 0.25) is 0 Å². The van der Waals surface area contributed by atoms with E-state index in [2.05, 4.69) is 31.3 Å². The van der Waals surface area contributed by atoms with Gasteiger partial charge in [-0.15, -0.1) is 0 Å². The number of halogens is 1. The van der Waals surface area contributed by atoms with Gasteiger partial charge in [-0.3, -0.25) is 0 Å². The summed E-state index contributed by atoms with van der Waals surface area (Å²) in [5.41, 5.74) is 0.930. The molecule has 1 amide bonds. The van der Waals surface area contributed by atoms with E-state index in [1.165, 1.54) is 0 Å². The van der Waals surface area contributed by atoms with Crippen molar-refractivity contribution in [2.45, 2.75) is 29.7 Å². The third-order valence-electron chi connectivity index (χ3n) is 3.89. The molecule has 2 aromatic rings. The molecule has 0 radical (unpaired) electrons. The Bertz CT molecular complexity index is 715. The van der Waals surface area contributed by atoms with Crippen molar-refractivity contribution >= 4 is 29.5 Å². The Hall–Kier alpha value is -1.65. The van der Waals surface area contributed by atoms with E-state index in [1.807, 2.05) is 36.4 Å². The van der Waals surface area contributed by atoms with E-state index >= 15 is 0 Å². The Labute approximate surface area is 145 Å². The second-order valence-electron chi connectivity index (χ2n) is 6.24. The van der Waals surface area contributed by atoms with Gasteiger partial charge >= 0.3 is 6.09 Å².